The number of nitro benzene ring substituents is 2. The Hall–Kier alpha value is -2.84. The minimum atomic E-state index is -0.915. The van der Waals surface area contributed by atoms with Crippen LogP contribution in [0.5, 0.6) is 0 Å². The molecule has 0 spiro atoms. The Labute approximate surface area is 106 Å². The van der Waals surface area contributed by atoms with E-state index in [9.17, 15) is 29.8 Å². The number of ether oxygens (including phenoxy) is 1. The van der Waals surface area contributed by atoms with Crippen LogP contribution in [0.1, 0.15) is 16.8 Å². The molecule has 1 rings (SSSR count). The Kier molecular flexibility index (Phi) is 4.24. The molecule has 9 heteroatoms. The highest BCUT2D eigenvalue weighted by molar-refractivity contribution is 6.08. The second-order valence-electron chi connectivity index (χ2n) is 3.39. The number of nitro groups is 2. The van der Waals surface area contributed by atoms with Crippen molar-refractivity contribution >= 4 is 23.1 Å². The van der Waals surface area contributed by atoms with E-state index in [4.69, 9.17) is 0 Å². The summed E-state index contributed by atoms with van der Waals surface area (Å²) in [5.41, 5.74) is -1.57. The highest BCUT2D eigenvalue weighted by Gasteiger charge is 2.25. The van der Waals surface area contributed by atoms with E-state index in [-0.39, 0.29) is 0 Å². The summed E-state index contributed by atoms with van der Waals surface area (Å²) in [6.45, 7) is 0. The molecule has 9 nitrogen and oxygen atoms in total. The minimum absolute atomic E-state index is 0.473. The van der Waals surface area contributed by atoms with Crippen LogP contribution < -0.4 is 0 Å². The molecule has 0 unspecified atom stereocenters. The van der Waals surface area contributed by atoms with Crippen LogP contribution >= 0.6 is 0 Å². The van der Waals surface area contributed by atoms with E-state index < -0.39 is 45.0 Å². The van der Waals surface area contributed by atoms with Crippen molar-refractivity contribution in [1.29, 1.82) is 0 Å². The van der Waals surface area contributed by atoms with E-state index in [0.717, 1.165) is 25.3 Å². The summed E-state index contributed by atoms with van der Waals surface area (Å²) in [5.74, 6) is -1.80. The maximum Gasteiger partial charge on any atom is 0.313 e. The number of hydrogen-bond acceptors (Lipinski definition) is 7. The lowest BCUT2D eigenvalue weighted by Crippen LogP contribution is -2.11. The lowest BCUT2D eigenvalue weighted by Gasteiger charge is -2.01. The monoisotopic (exact) mass is 268 g/mol. The number of Topliss-reactive ketones (excluding diaryl/α,β-unsaturated/α-hetero) is 1. The van der Waals surface area contributed by atoms with Crippen LogP contribution in [0.25, 0.3) is 0 Å². The number of ketones is 1. The topological polar surface area (TPSA) is 130 Å². The number of carbonyl (C=O) groups is 2. The standard InChI is InChI=1S/C10H8N2O7/c1-19-10(14)5-9(13)7-4-6(11(15)16)2-3-8(7)12(17)18/h2-4H,5H2,1H3. The summed E-state index contributed by atoms with van der Waals surface area (Å²) >= 11 is 0. The molecule has 0 heterocycles. The molecule has 0 aliphatic rings. The molecule has 1 aromatic carbocycles. The Bertz CT molecular complexity index is 567. The third-order valence-electron chi connectivity index (χ3n) is 2.22. The SMILES string of the molecule is COC(=O)CC(=O)c1cc([N+](=O)[O-])ccc1[N+](=O)[O-]. The largest absolute Gasteiger partial charge is 0.469 e. The predicted octanol–water partition coefficient (Wildman–Crippen LogP) is 1.25. The molecular weight excluding hydrogens is 260 g/mol. The number of benzene rings is 1. The maximum atomic E-state index is 11.7. The van der Waals surface area contributed by atoms with E-state index in [1.807, 2.05) is 0 Å². The van der Waals surface area contributed by atoms with Crippen LogP contribution in [-0.4, -0.2) is 28.7 Å². The van der Waals surface area contributed by atoms with Gasteiger partial charge in [-0.05, 0) is 0 Å². The second-order valence-corrected chi connectivity index (χ2v) is 3.39. The van der Waals surface area contributed by atoms with Crippen LogP contribution in [0, 0.1) is 20.2 Å². The van der Waals surface area contributed by atoms with Crippen molar-refractivity contribution < 1.29 is 24.2 Å². The van der Waals surface area contributed by atoms with Gasteiger partial charge in [-0.1, -0.05) is 0 Å². The lowest BCUT2D eigenvalue weighted by atomic mass is 10.1. The third kappa shape index (κ3) is 3.31. The van der Waals surface area contributed by atoms with Gasteiger partial charge in [0.25, 0.3) is 11.4 Å². The zero-order valence-corrected chi connectivity index (χ0v) is 9.69. The van der Waals surface area contributed by atoms with E-state index in [1.165, 1.54) is 0 Å². The Morgan fingerprint density at radius 1 is 1.21 bits per heavy atom. The zero-order chi connectivity index (χ0) is 14.6. The molecule has 0 aliphatic heterocycles. The molecule has 0 atom stereocenters. The highest BCUT2D eigenvalue weighted by Crippen LogP contribution is 2.25. The molecule has 0 aliphatic carbocycles. The van der Waals surface area contributed by atoms with E-state index in [1.54, 1.807) is 0 Å². The molecule has 0 radical (unpaired) electrons. The molecule has 0 saturated carbocycles. The lowest BCUT2D eigenvalue weighted by molar-refractivity contribution is -0.389. The number of nitrogens with zero attached hydrogens (tertiary/aromatic N) is 2. The number of esters is 1. The fraction of sp³-hybridized carbons (Fsp3) is 0.200. The first-order valence-electron chi connectivity index (χ1n) is 4.89. The molecule has 0 aromatic heterocycles. The first kappa shape index (κ1) is 14.2. The van der Waals surface area contributed by atoms with Gasteiger partial charge in [-0.2, -0.15) is 0 Å². The summed E-state index contributed by atoms with van der Waals surface area (Å²) in [4.78, 5) is 42.3. The Morgan fingerprint density at radius 2 is 1.84 bits per heavy atom. The van der Waals surface area contributed by atoms with Gasteiger partial charge in [0.05, 0.1) is 17.0 Å². The van der Waals surface area contributed by atoms with Gasteiger partial charge in [-0.25, -0.2) is 0 Å². The van der Waals surface area contributed by atoms with Crippen LogP contribution in [0.2, 0.25) is 0 Å². The van der Waals surface area contributed by atoms with E-state index in [0.29, 0.717) is 0 Å². The summed E-state index contributed by atoms with van der Waals surface area (Å²) in [7, 11) is 1.05. The first-order chi connectivity index (χ1) is 8.86. The smallest absolute Gasteiger partial charge is 0.313 e. The van der Waals surface area contributed by atoms with Gasteiger partial charge < -0.3 is 4.74 Å². The molecule has 0 bridgehead atoms. The van der Waals surface area contributed by atoms with Crippen molar-refractivity contribution in [2.45, 2.75) is 6.42 Å². The number of methoxy groups -OCH3 is 1. The fourth-order valence-corrected chi connectivity index (χ4v) is 1.32. The fourth-order valence-electron chi connectivity index (χ4n) is 1.32. The third-order valence-corrected chi connectivity index (χ3v) is 2.22. The van der Waals surface area contributed by atoms with Crippen LogP contribution in [-0.2, 0) is 9.53 Å². The highest BCUT2D eigenvalue weighted by atomic mass is 16.6. The summed E-state index contributed by atoms with van der Waals surface area (Å²) in [6.07, 6.45) is -0.724. The molecule has 0 saturated heterocycles. The van der Waals surface area contributed by atoms with E-state index >= 15 is 0 Å². The first-order valence-corrected chi connectivity index (χ1v) is 4.89. The predicted molar refractivity (Wildman–Crippen MR) is 60.7 cm³/mol. The number of hydrogen-bond donors (Lipinski definition) is 0. The average Bonchev–Trinajstić information content (AvgIpc) is 2.37. The van der Waals surface area contributed by atoms with Gasteiger partial charge in [0.15, 0.2) is 5.78 Å². The second kappa shape index (κ2) is 5.67. The van der Waals surface area contributed by atoms with Gasteiger partial charge >= 0.3 is 5.97 Å². The van der Waals surface area contributed by atoms with E-state index in [2.05, 4.69) is 4.74 Å². The Morgan fingerprint density at radius 3 is 2.32 bits per heavy atom. The zero-order valence-electron chi connectivity index (χ0n) is 9.69. The molecule has 19 heavy (non-hydrogen) atoms. The quantitative estimate of drug-likeness (QED) is 0.258. The number of carbonyl (C=O) groups excluding carboxylic acids is 2. The molecular formula is C10H8N2O7. The summed E-state index contributed by atoms with van der Waals surface area (Å²) in [5, 5.41) is 21.3. The molecule has 1 aromatic rings. The van der Waals surface area contributed by atoms with Gasteiger partial charge in [-0.3, -0.25) is 29.8 Å². The van der Waals surface area contributed by atoms with Gasteiger partial charge in [-0.15, -0.1) is 0 Å². The molecule has 0 amide bonds. The van der Waals surface area contributed by atoms with Crippen molar-refractivity contribution in [3.8, 4) is 0 Å². The molecule has 0 fully saturated rings. The van der Waals surface area contributed by atoms with Crippen molar-refractivity contribution in [1.82, 2.24) is 0 Å². The van der Waals surface area contributed by atoms with Crippen molar-refractivity contribution in [3.63, 3.8) is 0 Å². The van der Waals surface area contributed by atoms with Crippen molar-refractivity contribution in [2.75, 3.05) is 7.11 Å². The normalized spacial score (nSPS) is 9.74. The Balaban J connectivity index is 3.24. The van der Waals surface area contributed by atoms with Gasteiger partial charge in [0.1, 0.15) is 12.0 Å². The van der Waals surface area contributed by atoms with Crippen molar-refractivity contribution in [2.24, 2.45) is 0 Å². The number of rotatable bonds is 5. The summed E-state index contributed by atoms with van der Waals surface area (Å²) in [6, 6.07) is 2.53. The minimum Gasteiger partial charge on any atom is -0.469 e. The average molecular weight is 268 g/mol. The number of non-ortho nitro benzene ring substituents is 1. The van der Waals surface area contributed by atoms with Gasteiger partial charge in [0.2, 0.25) is 0 Å². The maximum absolute atomic E-state index is 11.7. The molecule has 0 N–H and O–H groups in total. The van der Waals surface area contributed by atoms with Crippen LogP contribution in [0.3, 0.4) is 0 Å². The molecule has 100 valence electrons. The van der Waals surface area contributed by atoms with Crippen molar-refractivity contribution in [3.05, 3.63) is 44.0 Å². The van der Waals surface area contributed by atoms with Crippen LogP contribution in [0.15, 0.2) is 18.2 Å². The van der Waals surface area contributed by atoms with Crippen LogP contribution in [0.4, 0.5) is 11.4 Å². The summed E-state index contributed by atoms with van der Waals surface area (Å²) < 4.78 is 4.26. The van der Waals surface area contributed by atoms with Gasteiger partial charge in [0, 0.05) is 18.2 Å².